The van der Waals surface area contributed by atoms with Gasteiger partial charge >= 0.3 is 5.97 Å². The highest BCUT2D eigenvalue weighted by Crippen LogP contribution is 2.27. The smallest absolute Gasteiger partial charge is 0.338 e. The van der Waals surface area contributed by atoms with Crippen molar-refractivity contribution in [3.8, 4) is 17.5 Å². The van der Waals surface area contributed by atoms with E-state index < -0.39 is 28.5 Å². The fraction of sp³-hybridized carbons (Fsp3) is 0.182. The van der Waals surface area contributed by atoms with Crippen molar-refractivity contribution in [3.05, 3.63) is 65.9 Å². The van der Waals surface area contributed by atoms with Crippen molar-refractivity contribution < 1.29 is 27.5 Å². The van der Waals surface area contributed by atoms with Gasteiger partial charge in [0.25, 0.3) is 5.91 Å². The molecule has 1 aromatic heterocycles. The summed E-state index contributed by atoms with van der Waals surface area (Å²) in [6.45, 7) is -0.675. The molecule has 2 aromatic carbocycles. The van der Waals surface area contributed by atoms with E-state index in [9.17, 15) is 23.3 Å². The van der Waals surface area contributed by atoms with Gasteiger partial charge in [-0.3, -0.25) is 4.79 Å². The quantitative estimate of drug-likeness (QED) is 0.478. The zero-order valence-electron chi connectivity index (χ0n) is 18.5. The number of benzene rings is 2. The maximum Gasteiger partial charge on any atom is 0.338 e. The van der Waals surface area contributed by atoms with Crippen LogP contribution in [0.4, 0.5) is 5.82 Å². The van der Waals surface area contributed by atoms with Crippen LogP contribution in [0.25, 0.3) is 5.69 Å². The Balaban J connectivity index is 1.75. The van der Waals surface area contributed by atoms with E-state index in [1.807, 2.05) is 12.1 Å². The Kier molecular flexibility index (Phi) is 7.30. The third-order valence-electron chi connectivity index (χ3n) is 4.64. The van der Waals surface area contributed by atoms with Crippen molar-refractivity contribution in [1.29, 1.82) is 5.26 Å². The molecular formula is C22H21N5O6S. The Bertz CT molecular complexity index is 1360. The summed E-state index contributed by atoms with van der Waals surface area (Å²) < 4.78 is 37.6. The molecule has 0 aliphatic heterocycles. The van der Waals surface area contributed by atoms with Crippen LogP contribution < -0.4 is 10.1 Å². The summed E-state index contributed by atoms with van der Waals surface area (Å²) in [6.07, 6.45) is 1.30. The van der Waals surface area contributed by atoms with Gasteiger partial charge in [-0.25, -0.2) is 22.2 Å². The molecule has 0 fully saturated rings. The molecule has 0 spiro atoms. The summed E-state index contributed by atoms with van der Waals surface area (Å²) in [5.74, 6) is -1.44. The van der Waals surface area contributed by atoms with Crippen molar-refractivity contribution in [2.45, 2.75) is 4.90 Å². The summed E-state index contributed by atoms with van der Waals surface area (Å²) in [6, 6.07) is 14.6. The molecule has 0 atom stereocenters. The summed E-state index contributed by atoms with van der Waals surface area (Å²) in [5, 5.41) is 16.0. The Morgan fingerprint density at radius 2 is 1.88 bits per heavy atom. The topological polar surface area (TPSA) is 144 Å². The minimum Gasteiger partial charge on any atom is -0.495 e. The second kappa shape index (κ2) is 10.2. The first-order valence-electron chi connectivity index (χ1n) is 9.80. The second-order valence-electron chi connectivity index (χ2n) is 7.04. The average Bonchev–Trinajstić information content (AvgIpc) is 3.24. The van der Waals surface area contributed by atoms with Gasteiger partial charge in [0.2, 0.25) is 10.0 Å². The molecule has 0 saturated heterocycles. The largest absolute Gasteiger partial charge is 0.495 e. The Morgan fingerprint density at radius 3 is 2.50 bits per heavy atom. The maximum atomic E-state index is 12.5. The molecule has 0 saturated carbocycles. The third-order valence-corrected chi connectivity index (χ3v) is 6.48. The van der Waals surface area contributed by atoms with Gasteiger partial charge in [0.05, 0.1) is 24.6 Å². The number of esters is 1. The van der Waals surface area contributed by atoms with Gasteiger partial charge in [-0.2, -0.15) is 10.4 Å². The van der Waals surface area contributed by atoms with E-state index in [1.165, 1.54) is 44.2 Å². The van der Waals surface area contributed by atoms with Gasteiger partial charge < -0.3 is 14.8 Å². The number of sulfonamides is 1. The molecule has 0 aliphatic rings. The van der Waals surface area contributed by atoms with E-state index in [0.717, 1.165) is 10.4 Å². The lowest BCUT2D eigenvalue weighted by molar-refractivity contribution is -0.119. The number of nitriles is 1. The van der Waals surface area contributed by atoms with Crippen molar-refractivity contribution in [3.63, 3.8) is 0 Å². The van der Waals surface area contributed by atoms with Gasteiger partial charge in [-0.05, 0) is 30.3 Å². The first-order valence-corrected chi connectivity index (χ1v) is 11.2. The molecule has 34 heavy (non-hydrogen) atoms. The standard InChI is InChI=1S/C22H21N5O6S/c1-26(2)34(30,31)19-11-15(9-10-18(19)32-3)22(29)33-14-20(28)25-21-16(12-23)13-24-27(21)17-7-5-4-6-8-17/h4-11,13H,14H2,1-3H3,(H,25,28). The number of nitrogens with zero attached hydrogens (tertiary/aromatic N) is 4. The molecule has 0 radical (unpaired) electrons. The lowest BCUT2D eigenvalue weighted by atomic mass is 10.2. The molecule has 0 aliphatic carbocycles. The van der Waals surface area contributed by atoms with E-state index in [1.54, 1.807) is 24.3 Å². The molecule has 3 aromatic rings. The number of carbonyl (C=O) groups is 2. The molecule has 0 unspecified atom stereocenters. The fourth-order valence-corrected chi connectivity index (χ4v) is 3.97. The molecular weight excluding hydrogens is 462 g/mol. The van der Waals surface area contributed by atoms with Crippen LogP contribution in [-0.2, 0) is 19.6 Å². The minimum atomic E-state index is -3.90. The molecule has 176 valence electrons. The monoisotopic (exact) mass is 483 g/mol. The molecule has 11 nitrogen and oxygen atoms in total. The van der Waals surface area contributed by atoms with Crippen LogP contribution in [0.1, 0.15) is 15.9 Å². The number of hydrogen-bond donors (Lipinski definition) is 1. The highest BCUT2D eigenvalue weighted by molar-refractivity contribution is 7.89. The van der Waals surface area contributed by atoms with Crippen molar-refractivity contribution in [2.75, 3.05) is 33.1 Å². The van der Waals surface area contributed by atoms with E-state index >= 15 is 0 Å². The van der Waals surface area contributed by atoms with Crippen molar-refractivity contribution >= 4 is 27.7 Å². The van der Waals surface area contributed by atoms with Crippen LogP contribution in [0.5, 0.6) is 5.75 Å². The van der Waals surface area contributed by atoms with Gasteiger partial charge in [-0.15, -0.1) is 0 Å². The van der Waals surface area contributed by atoms with E-state index in [4.69, 9.17) is 9.47 Å². The molecule has 1 N–H and O–H groups in total. The minimum absolute atomic E-state index is 0.0567. The predicted molar refractivity (Wildman–Crippen MR) is 121 cm³/mol. The zero-order chi connectivity index (χ0) is 24.9. The van der Waals surface area contributed by atoms with Gasteiger partial charge in [0.1, 0.15) is 22.3 Å². The van der Waals surface area contributed by atoms with Gasteiger partial charge in [0.15, 0.2) is 12.4 Å². The lowest BCUT2D eigenvalue weighted by Crippen LogP contribution is -2.24. The first kappa shape index (κ1) is 24.4. The lowest BCUT2D eigenvalue weighted by Gasteiger charge is -2.15. The van der Waals surface area contributed by atoms with Crippen molar-refractivity contribution in [2.24, 2.45) is 0 Å². The normalized spacial score (nSPS) is 11.0. The number of carbonyl (C=O) groups excluding carboxylic acids is 2. The van der Waals surface area contributed by atoms with Crippen LogP contribution >= 0.6 is 0 Å². The van der Waals surface area contributed by atoms with Crippen LogP contribution in [0.2, 0.25) is 0 Å². The number of aromatic nitrogens is 2. The highest BCUT2D eigenvalue weighted by atomic mass is 32.2. The predicted octanol–water partition coefficient (Wildman–Crippen LogP) is 1.80. The number of hydrogen-bond acceptors (Lipinski definition) is 8. The van der Waals surface area contributed by atoms with Crippen molar-refractivity contribution in [1.82, 2.24) is 14.1 Å². The van der Waals surface area contributed by atoms with Crippen LogP contribution in [0, 0.1) is 11.3 Å². The first-order chi connectivity index (χ1) is 16.2. The van der Waals surface area contributed by atoms with E-state index in [2.05, 4.69) is 10.4 Å². The summed E-state index contributed by atoms with van der Waals surface area (Å²) in [5.41, 5.74) is 0.655. The summed E-state index contributed by atoms with van der Waals surface area (Å²) in [4.78, 5) is 24.7. The number of rotatable bonds is 8. The zero-order valence-corrected chi connectivity index (χ0v) is 19.4. The molecule has 1 heterocycles. The van der Waals surface area contributed by atoms with Crippen LogP contribution in [0.15, 0.2) is 59.6 Å². The SMILES string of the molecule is COc1ccc(C(=O)OCC(=O)Nc2c(C#N)cnn2-c2ccccc2)cc1S(=O)(=O)N(C)C. The van der Waals surface area contributed by atoms with Crippen LogP contribution in [-0.4, -0.2) is 62.2 Å². The van der Waals surface area contributed by atoms with E-state index in [-0.39, 0.29) is 27.6 Å². The number of anilines is 1. The van der Waals surface area contributed by atoms with Gasteiger partial charge in [0, 0.05) is 14.1 Å². The summed E-state index contributed by atoms with van der Waals surface area (Å²) in [7, 11) is 0.102. The van der Waals surface area contributed by atoms with Gasteiger partial charge in [-0.1, -0.05) is 18.2 Å². The average molecular weight is 484 g/mol. The number of ether oxygens (including phenoxy) is 2. The molecule has 1 amide bonds. The number of para-hydroxylation sites is 1. The fourth-order valence-electron chi connectivity index (χ4n) is 2.90. The highest BCUT2D eigenvalue weighted by Gasteiger charge is 2.24. The van der Waals surface area contributed by atoms with E-state index in [0.29, 0.717) is 5.69 Å². The number of methoxy groups -OCH3 is 1. The number of nitrogens with one attached hydrogen (secondary N) is 1. The second-order valence-corrected chi connectivity index (χ2v) is 9.16. The third kappa shape index (κ3) is 5.06. The van der Waals surface area contributed by atoms with Crippen LogP contribution in [0.3, 0.4) is 0 Å². The summed E-state index contributed by atoms with van der Waals surface area (Å²) >= 11 is 0. The Morgan fingerprint density at radius 1 is 1.18 bits per heavy atom. The Hall–Kier alpha value is -4.21. The molecule has 3 rings (SSSR count). The maximum absolute atomic E-state index is 12.5. The molecule has 0 bridgehead atoms. The number of amides is 1. The Labute approximate surface area is 196 Å². The molecule has 12 heteroatoms.